The molecule has 11 heteroatoms. The molecule has 41 heavy (non-hydrogen) atoms. The monoisotopic (exact) mass is 578 g/mol. The van der Waals surface area contributed by atoms with E-state index in [0.29, 0.717) is 48.6 Å². The lowest BCUT2D eigenvalue weighted by Gasteiger charge is -2.23. The molecule has 4 heterocycles. The topological polar surface area (TPSA) is 56.9 Å². The van der Waals surface area contributed by atoms with Crippen molar-refractivity contribution in [3.8, 4) is 0 Å². The molecule has 5 rings (SSSR count). The standard InChI is InChI=1S/C30H34BF3N6S/c1-5-29(3,4)27-10-9-26(41-27)19(2)35-16-21-17-36-28(38-21)25-15-22-23(37-20-11-13-39(31)14-12-20)7-6-8-24(22)40(25)18-30(32,33)34/h6-11,15,35,37H,2,5,12-14,16-18H2,1,3-4H3. The van der Waals surface area contributed by atoms with Crippen molar-refractivity contribution in [3.05, 3.63) is 70.2 Å². The van der Waals surface area contributed by atoms with E-state index in [0.717, 1.165) is 40.5 Å². The summed E-state index contributed by atoms with van der Waals surface area (Å²) in [5.41, 5.74) is 4.18. The molecule has 214 valence electrons. The van der Waals surface area contributed by atoms with Gasteiger partial charge in [0.15, 0.2) is 13.8 Å². The third-order valence-corrected chi connectivity index (χ3v) is 9.19. The molecule has 0 fully saturated rings. The molecular weight excluding hydrogens is 544 g/mol. The smallest absolute Gasteiger partial charge is 0.379 e. The largest absolute Gasteiger partial charge is 0.406 e. The number of hydrogen-bond donors (Lipinski definition) is 2. The molecule has 2 aromatic heterocycles. The van der Waals surface area contributed by atoms with Crippen LogP contribution in [0.15, 0.2) is 64.7 Å². The van der Waals surface area contributed by atoms with E-state index in [1.54, 1.807) is 34.3 Å². The molecule has 2 radical (unpaired) electrons. The van der Waals surface area contributed by atoms with Crippen LogP contribution >= 0.6 is 11.3 Å². The van der Waals surface area contributed by atoms with Crippen molar-refractivity contribution in [2.75, 3.05) is 31.5 Å². The molecule has 0 aliphatic carbocycles. The van der Waals surface area contributed by atoms with Gasteiger partial charge in [0.05, 0.1) is 30.0 Å². The van der Waals surface area contributed by atoms with Crippen LogP contribution in [0.25, 0.3) is 16.6 Å². The third-order valence-electron chi connectivity index (χ3n) is 7.68. The number of aromatic nitrogens is 1. The van der Waals surface area contributed by atoms with Crippen LogP contribution in [0.4, 0.5) is 18.9 Å². The van der Waals surface area contributed by atoms with E-state index in [-0.39, 0.29) is 5.41 Å². The number of nitrogens with zero attached hydrogens (tertiary/aromatic N) is 4. The Morgan fingerprint density at radius 3 is 2.71 bits per heavy atom. The molecule has 0 atom stereocenters. The minimum absolute atomic E-state index is 0.102. The summed E-state index contributed by atoms with van der Waals surface area (Å²) in [6, 6.07) is 11.3. The Morgan fingerprint density at radius 2 is 2.00 bits per heavy atom. The zero-order valence-corrected chi connectivity index (χ0v) is 24.4. The van der Waals surface area contributed by atoms with Gasteiger partial charge < -0.3 is 20.0 Å². The molecule has 3 aromatic rings. The Morgan fingerprint density at radius 1 is 1.20 bits per heavy atom. The number of amidine groups is 1. The number of anilines is 1. The molecule has 2 N–H and O–H groups in total. The highest BCUT2D eigenvalue weighted by Gasteiger charge is 2.31. The maximum atomic E-state index is 13.7. The number of halogens is 3. The molecule has 2 aliphatic heterocycles. The number of thiophene rings is 1. The minimum atomic E-state index is -4.41. The van der Waals surface area contributed by atoms with Crippen LogP contribution in [0.3, 0.4) is 0 Å². The lowest BCUT2D eigenvalue weighted by Crippen LogP contribution is -2.27. The molecular formula is C30H34BF3N6S. The van der Waals surface area contributed by atoms with Crippen LogP contribution in [0.5, 0.6) is 0 Å². The fraction of sp³-hybridized carbons (Fsp3) is 0.400. The lowest BCUT2D eigenvalue weighted by molar-refractivity contribution is -0.139. The van der Waals surface area contributed by atoms with Crippen molar-refractivity contribution in [1.82, 2.24) is 14.7 Å². The van der Waals surface area contributed by atoms with E-state index < -0.39 is 12.7 Å². The van der Waals surface area contributed by atoms with Gasteiger partial charge in [0, 0.05) is 38.8 Å². The quantitative estimate of drug-likeness (QED) is 0.270. The third kappa shape index (κ3) is 6.62. The average molecular weight is 579 g/mol. The number of benzene rings is 1. The van der Waals surface area contributed by atoms with Crippen molar-refractivity contribution < 1.29 is 13.2 Å². The first-order valence-electron chi connectivity index (χ1n) is 13.7. The fourth-order valence-electron chi connectivity index (χ4n) is 4.85. The van der Waals surface area contributed by atoms with Crippen molar-refractivity contribution in [2.45, 2.75) is 51.7 Å². The summed E-state index contributed by atoms with van der Waals surface area (Å²) >= 11 is 1.72. The van der Waals surface area contributed by atoms with Crippen LogP contribution in [-0.4, -0.2) is 61.3 Å². The van der Waals surface area contributed by atoms with Gasteiger partial charge in [-0.15, -0.1) is 11.3 Å². The SMILES string of the molecule is [B]N1CC=C(Nc2cccc3c2cc(C2=NCC(CNC(=C)c4ccc(C(C)(C)CC)s4)=N2)n3CC(F)(F)F)CC1. The van der Waals surface area contributed by atoms with E-state index in [2.05, 4.69) is 60.1 Å². The van der Waals surface area contributed by atoms with Gasteiger partial charge in [0.2, 0.25) is 0 Å². The van der Waals surface area contributed by atoms with Crippen LogP contribution < -0.4 is 10.6 Å². The van der Waals surface area contributed by atoms with Crippen molar-refractivity contribution in [2.24, 2.45) is 9.98 Å². The van der Waals surface area contributed by atoms with Crippen molar-refractivity contribution >= 4 is 53.2 Å². The Labute approximate surface area is 244 Å². The average Bonchev–Trinajstić information content (AvgIpc) is 3.68. The first-order valence-corrected chi connectivity index (χ1v) is 14.5. The Kier molecular flexibility index (Phi) is 8.21. The summed E-state index contributed by atoms with van der Waals surface area (Å²) in [4.78, 5) is 13.2. The van der Waals surface area contributed by atoms with Gasteiger partial charge >= 0.3 is 6.18 Å². The zero-order valence-electron chi connectivity index (χ0n) is 23.6. The summed E-state index contributed by atoms with van der Waals surface area (Å²) in [5, 5.41) is 7.41. The van der Waals surface area contributed by atoms with Gasteiger partial charge in [-0.2, -0.15) is 13.2 Å². The van der Waals surface area contributed by atoms with Crippen molar-refractivity contribution in [3.63, 3.8) is 0 Å². The maximum absolute atomic E-state index is 13.7. The highest BCUT2D eigenvalue weighted by atomic mass is 32.1. The van der Waals surface area contributed by atoms with Crippen LogP contribution in [0.2, 0.25) is 0 Å². The van der Waals surface area contributed by atoms with Gasteiger partial charge in [-0.05, 0) is 55.1 Å². The van der Waals surface area contributed by atoms with E-state index in [9.17, 15) is 13.2 Å². The van der Waals surface area contributed by atoms with Crippen LogP contribution in [0.1, 0.15) is 49.1 Å². The van der Waals surface area contributed by atoms with Crippen LogP contribution in [0, 0.1) is 0 Å². The van der Waals surface area contributed by atoms with E-state index in [4.69, 9.17) is 7.98 Å². The molecule has 0 spiro atoms. The van der Waals surface area contributed by atoms with Gasteiger partial charge in [-0.3, -0.25) is 4.99 Å². The number of alkyl halides is 3. The predicted octanol–water partition coefficient (Wildman–Crippen LogP) is 6.50. The maximum Gasteiger partial charge on any atom is 0.406 e. The second kappa shape index (κ2) is 11.5. The second-order valence-electron chi connectivity index (χ2n) is 11.1. The first kappa shape index (κ1) is 29.2. The van der Waals surface area contributed by atoms with Crippen LogP contribution in [-0.2, 0) is 12.0 Å². The Bertz CT molecular complexity index is 1550. The summed E-state index contributed by atoms with van der Waals surface area (Å²) < 4.78 is 42.4. The minimum Gasteiger partial charge on any atom is -0.379 e. The van der Waals surface area contributed by atoms with Gasteiger partial charge in [0.25, 0.3) is 0 Å². The molecule has 0 bridgehead atoms. The summed E-state index contributed by atoms with van der Waals surface area (Å²) in [5.74, 6) is 0.303. The normalized spacial score (nSPS) is 16.5. The molecule has 0 saturated carbocycles. The molecule has 1 aromatic carbocycles. The van der Waals surface area contributed by atoms with Gasteiger partial charge in [-0.1, -0.05) is 39.5 Å². The molecule has 2 aliphatic rings. The van der Waals surface area contributed by atoms with E-state index in [1.165, 1.54) is 9.44 Å². The predicted molar refractivity (Wildman–Crippen MR) is 165 cm³/mol. The Balaban J connectivity index is 1.37. The molecule has 0 unspecified atom stereocenters. The molecule has 0 saturated heterocycles. The number of nitrogens with one attached hydrogen (secondary N) is 2. The number of rotatable bonds is 10. The number of hydrogen-bond acceptors (Lipinski definition) is 6. The van der Waals surface area contributed by atoms with E-state index >= 15 is 0 Å². The first-order chi connectivity index (χ1) is 19.4. The number of fused-ring (bicyclic) bond motifs is 1. The number of aliphatic imine (C=N–C) groups is 2. The Hall–Kier alpha value is -3.31. The zero-order chi connectivity index (χ0) is 29.4. The fourth-order valence-corrected chi connectivity index (χ4v) is 5.98. The highest BCUT2D eigenvalue weighted by Crippen LogP contribution is 2.35. The lowest BCUT2D eigenvalue weighted by atomic mass is 9.89. The summed E-state index contributed by atoms with van der Waals surface area (Å²) in [7, 11) is 5.85. The summed E-state index contributed by atoms with van der Waals surface area (Å²) in [6.45, 7) is 11.7. The molecule has 6 nitrogen and oxygen atoms in total. The summed E-state index contributed by atoms with van der Waals surface area (Å²) in [6.07, 6.45) is -0.643. The van der Waals surface area contributed by atoms with Gasteiger partial charge in [0.1, 0.15) is 6.54 Å². The molecule has 0 amide bonds. The van der Waals surface area contributed by atoms with Gasteiger partial charge in [-0.25, -0.2) is 4.99 Å². The van der Waals surface area contributed by atoms with Crippen molar-refractivity contribution in [1.29, 1.82) is 0 Å². The highest BCUT2D eigenvalue weighted by molar-refractivity contribution is 7.13. The van der Waals surface area contributed by atoms with E-state index in [1.807, 2.05) is 12.1 Å². The second-order valence-corrected chi connectivity index (χ2v) is 12.2.